The van der Waals surface area contributed by atoms with Crippen molar-refractivity contribution in [1.82, 2.24) is 11.1 Å². The van der Waals surface area contributed by atoms with Crippen molar-refractivity contribution in [3.63, 3.8) is 0 Å². The molecule has 3 heteroatoms. The number of nitrogens with one attached hydrogen (secondary N) is 1. The average Bonchev–Trinajstić information content (AvgIpc) is 2.50. The fraction of sp³-hybridized carbons (Fsp3) is 0.200. The predicted octanol–water partition coefficient (Wildman–Crippen LogP) is 1.19. The Morgan fingerprint density at radius 3 is 2.77 bits per heavy atom. The molecule has 1 heterocycles. The summed E-state index contributed by atoms with van der Waals surface area (Å²) in [6.07, 6.45) is 2.99. The van der Waals surface area contributed by atoms with E-state index in [1.165, 1.54) is 16.5 Å². The van der Waals surface area contributed by atoms with Gasteiger partial charge in [0.15, 0.2) is 0 Å². The highest BCUT2D eigenvalue weighted by molar-refractivity contribution is 5.82. The molecule has 0 saturated carbocycles. The predicted molar refractivity (Wildman–Crippen MR) is 53.2 cm³/mol. The van der Waals surface area contributed by atoms with Gasteiger partial charge in [-0.2, -0.15) is 0 Å². The topological polar surface area (TPSA) is 72.3 Å². The Kier molecular flexibility index (Phi) is 3.06. The zero-order valence-electron chi connectivity index (χ0n) is 7.33. The number of nitrogens with two attached hydrogens (primary N) is 1. The van der Waals surface area contributed by atoms with Crippen LogP contribution in [-0.2, 0) is 6.42 Å². The Morgan fingerprint density at radius 1 is 1.23 bits per heavy atom. The van der Waals surface area contributed by atoms with Crippen LogP contribution in [0.3, 0.4) is 0 Å². The highest BCUT2D eigenvalue weighted by atomic mass is 14.7. The molecule has 1 aromatic carbocycles. The molecule has 3 N–H and O–H groups in total. The number of para-hydroxylation sites is 1. The smallest absolute Gasteiger partial charge is 0.0456 e. The van der Waals surface area contributed by atoms with E-state index in [-0.39, 0.29) is 6.15 Å². The van der Waals surface area contributed by atoms with Gasteiger partial charge in [-0.25, -0.2) is 0 Å². The molecule has 67 valence electrons. The van der Waals surface area contributed by atoms with E-state index in [4.69, 9.17) is 5.73 Å². The number of benzene rings is 1. The number of aromatic nitrogens is 1. The molecule has 2 aromatic rings. The zero-order chi connectivity index (χ0) is 8.39. The lowest BCUT2D eigenvalue weighted by Crippen LogP contribution is -2.01. The first-order valence-electron chi connectivity index (χ1n) is 4.17. The van der Waals surface area contributed by atoms with E-state index in [0.717, 1.165) is 6.42 Å². The minimum atomic E-state index is 0. The highest BCUT2D eigenvalue weighted by Gasteiger charge is 1.99. The maximum absolute atomic E-state index is 5.50. The molecule has 0 aliphatic carbocycles. The van der Waals surface area contributed by atoms with E-state index in [2.05, 4.69) is 23.2 Å². The number of nitrogens with zero attached hydrogens (tertiary/aromatic N) is 1. The Labute approximate surface area is 77.5 Å². The molecule has 0 unspecified atom stereocenters. The fourth-order valence-electron chi connectivity index (χ4n) is 1.49. The van der Waals surface area contributed by atoms with Gasteiger partial charge in [-0.1, -0.05) is 18.2 Å². The van der Waals surface area contributed by atoms with Crippen molar-refractivity contribution < 1.29 is 0 Å². The summed E-state index contributed by atoms with van der Waals surface area (Å²) < 4.78 is 0. The molecule has 0 fully saturated rings. The lowest BCUT2D eigenvalue weighted by atomic mass is 10.1. The SMILES string of the molecule is NCCc1c[nH]c2ccccc12.[N]. The number of fused-ring (bicyclic) bond motifs is 1. The van der Waals surface area contributed by atoms with E-state index >= 15 is 0 Å². The van der Waals surface area contributed by atoms with Crippen molar-refractivity contribution >= 4 is 10.9 Å². The van der Waals surface area contributed by atoms with Crippen LogP contribution in [0.15, 0.2) is 30.5 Å². The standard InChI is InChI=1S/C10H12N2.N/c11-6-5-8-7-12-10-4-2-1-3-9(8)10;/h1-4,7,12H,5-6,11H2;. The van der Waals surface area contributed by atoms with Crippen molar-refractivity contribution in [2.45, 2.75) is 6.42 Å². The van der Waals surface area contributed by atoms with Gasteiger partial charge in [-0.3, -0.25) is 0 Å². The van der Waals surface area contributed by atoms with E-state index in [9.17, 15) is 0 Å². The van der Waals surface area contributed by atoms with Crippen LogP contribution >= 0.6 is 0 Å². The molecule has 0 spiro atoms. The van der Waals surface area contributed by atoms with Crippen LogP contribution in [0.1, 0.15) is 5.56 Å². The Morgan fingerprint density at radius 2 is 2.00 bits per heavy atom. The van der Waals surface area contributed by atoms with E-state index < -0.39 is 0 Å². The third-order valence-electron chi connectivity index (χ3n) is 2.09. The molecule has 0 saturated heterocycles. The zero-order valence-corrected chi connectivity index (χ0v) is 7.33. The second-order valence-corrected chi connectivity index (χ2v) is 2.90. The van der Waals surface area contributed by atoms with Gasteiger partial charge in [-0.05, 0) is 24.6 Å². The summed E-state index contributed by atoms with van der Waals surface area (Å²) in [6.45, 7) is 0.710. The van der Waals surface area contributed by atoms with Gasteiger partial charge in [0.25, 0.3) is 0 Å². The summed E-state index contributed by atoms with van der Waals surface area (Å²) in [4.78, 5) is 3.22. The summed E-state index contributed by atoms with van der Waals surface area (Å²) in [7, 11) is 0. The van der Waals surface area contributed by atoms with Gasteiger partial charge in [0.1, 0.15) is 0 Å². The van der Waals surface area contributed by atoms with Crippen LogP contribution in [0.2, 0.25) is 0 Å². The number of hydrogen-bond donors (Lipinski definition) is 2. The molecule has 1 aromatic heterocycles. The lowest BCUT2D eigenvalue weighted by molar-refractivity contribution is 0.976. The molecule has 0 aliphatic rings. The molecule has 3 radical (unpaired) electrons. The average molecular weight is 174 g/mol. The van der Waals surface area contributed by atoms with Crippen LogP contribution in [0.25, 0.3) is 10.9 Å². The molecule has 0 amide bonds. The summed E-state index contributed by atoms with van der Waals surface area (Å²) in [6, 6.07) is 8.29. The fourth-order valence-corrected chi connectivity index (χ4v) is 1.49. The number of hydrogen-bond acceptors (Lipinski definition) is 1. The Bertz CT molecular complexity index is 378. The molecular formula is C10H12N3. The minimum absolute atomic E-state index is 0. The van der Waals surface area contributed by atoms with Crippen LogP contribution in [0.4, 0.5) is 0 Å². The highest BCUT2D eigenvalue weighted by Crippen LogP contribution is 2.17. The molecule has 13 heavy (non-hydrogen) atoms. The summed E-state index contributed by atoms with van der Waals surface area (Å²) in [5.74, 6) is 0. The van der Waals surface area contributed by atoms with Crippen molar-refractivity contribution in [3.05, 3.63) is 36.0 Å². The van der Waals surface area contributed by atoms with Gasteiger partial charge < -0.3 is 10.7 Å². The van der Waals surface area contributed by atoms with E-state index in [1.54, 1.807) is 0 Å². The summed E-state index contributed by atoms with van der Waals surface area (Å²) in [5, 5.41) is 1.29. The van der Waals surface area contributed by atoms with Gasteiger partial charge in [0.05, 0.1) is 0 Å². The lowest BCUT2D eigenvalue weighted by Gasteiger charge is -1.93. The number of aromatic amines is 1. The Balaban J connectivity index is 0.000000845. The minimum Gasteiger partial charge on any atom is -0.361 e. The first-order valence-corrected chi connectivity index (χ1v) is 4.17. The van der Waals surface area contributed by atoms with Crippen LogP contribution in [0, 0.1) is 0 Å². The largest absolute Gasteiger partial charge is 0.361 e. The quantitative estimate of drug-likeness (QED) is 0.705. The van der Waals surface area contributed by atoms with Gasteiger partial charge in [0.2, 0.25) is 0 Å². The van der Waals surface area contributed by atoms with Crippen molar-refractivity contribution in [2.24, 2.45) is 5.73 Å². The van der Waals surface area contributed by atoms with Crippen LogP contribution in [-0.4, -0.2) is 11.5 Å². The van der Waals surface area contributed by atoms with Crippen molar-refractivity contribution in [2.75, 3.05) is 6.54 Å². The van der Waals surface area contributed by atoms with Crippen molar-refractivity contribution in [1.29, 1.82) is 0 Å². The molecule has 0 bridgehead atoms. The molecule has 2 rings (SSSR count). The second-order valence-electron chi connectivity index (χ2n) is 2.90. The van der Waals surface area contributed by atoms with Crippen molar-refractivity contribution in [3.8, 4) is 0 Å². The molecule has 3 nitrogen and oxygen atoms in total. The second kappa shape index (κ2) is 4.07. The molecule has 0 aliphatic heterocycles. The summed E-state index contributed by atoms with van der Waals surface area (Å²) in [5.41, 5.74) is 8.01. The number of H-pyrrole nitrogens is 1. The Hall–Kier alpha value is -1.32. The van der Waals surface area contributed by atoms with Crippen LogP contribution < -0.4 is 11.9 Å². The first kappa shape index (κ1) is 9.77. The van der Waals surface area contributed by atoms with E-state index in [0.29, 0.717) is 6.54 Å². The van der Waals surface area contributed by atoms with Gasteiger partial charge in [0, 0.05) is 23.3 Å². The van der Waals surface area contributed by atoms with Gasteiger partial charge in [-0.15, -0.1) is 0 Å². The van der Waals surface area contributed by atoms with Crippen LogP contribution in [0.5, 0.6) is 0 Å². The van der Waals surface area contributed by atoms with E-state index in [1.807, 2.05) is 12.3 Å². The monoisotopic (exact) mass is 174 g/mol. The third kappa shape index (κ3) is 1.71. The van der Waals surface area contributed by atoms with Gasteiger partial charge >= 0.3 is 0 Å². The first-order chi connectivity index (χ1) is 5.92. The third-order valence-corrected chi connectivity index (χ3v) is 2.09. The number of rotatable bonds is 2. The molecular weight excluding hydrogens is 162 g/mol. The maximum Gasteiger partial charge on any atom is 0.0456 e. The summed E-state index contributed by atoms with van der Waals surface area (Å²) >= 11 is 0. The normalized spacial score (nSPS) is 9.92. The maximum atomic E-state index is 5.50. The molecule has 0 atom stereocenters.